The molecule has 0 heterocycles. The SMILES string of the molecule is C=C(C(=O)OC)c1cccc(OCS)c1-c1ccc(Br)cc1. The first-order chi connectivity index (χ1) is 10.6. The number of thiol groups is 1. The summed E-state index contributed by atoms with van der Waals surface area (Å²) in [4.78, 5) is 11.8. The van der Waals surface area contributed by atoms with E-state index in [0.717, 1.165) is 15.6 Å². The first-order valence-electron chi connectivity index (χ1n) is 6.48. The fourth-order valence-corrected chi connectivity index (χ4v) is 2.52. The highest BCUT2D eigenvalue weighted by Gasteiger charge is 2.18. The predicted octanol–water partition coefficient (Wildman–Crippen LogP) is 4.57. The Morgan fingerprint density at radius 1 is 1.23 bits per heavy atom. The van der Waals surface area contributed by atoms with Crippen LogP contribution >= 0.6 is 28.6 Å². The Balaban J connectivity index is 2.63. The monoisotopic (exact) mass is 378 g/mol. The fraction of sp³-hybridized carbons (Fsp3) is 0.118. The minimum atomic E-state index is -0.471. The normalized spacial score (nSPS) is 10.1. The van der Waals surface area contributed by atoms with Gasteiger partial charge in [-0.2, -0.15) is 0 Å². The zero-order valence-corrected chi connectivity index (χ0v) is 14.5. The summed E-state index contributed by atoms with van der Waals surface area (Å²) < 4.78 is 11.3. The van der Waals surface area contributed by atoms with Gasteiger partial charge in [-0.3, -0.25) is 0 Å². The molecule has 0 aliphatic rings. The molecule has 0 radical (unpaired) electrons. The van der Waals surface area contributed by atoms with E-state index in [2.05, 4.69) is 35.1 Å². The number of halogens is 1. The summed E-state index contributed by atoms with van der Waals surface area (Å²) in [5.41, 5.74) is 2.67. The average Bonchev–Trinajstić information content (AvgIpc) is 2.54. The lowest BCUT2D eigenvalue weighted by Crippen LogP contribution is -2.05. The molecule has 2 rings (SSSR count). The second kappa shape index (κ2) is 7.51. The topological polar surface area (TPSA) is 35.5 Å². The number of rotatable bonds is 5. The number of benzene rings is 2. The predicted molar refractivity (Wildman–Crippen MR) is 95.1 cm³/mol. The maximum Gasteiger partial charge on any atom is 0.337 e. The Labute approximate surface area is 143 Å². The van der Waals surface area contributed by atoms with Crippen LogP contribution in [0.3, 0.4) is 0 Å². The molecule has 0 atom stereocenters. The Bertz CT molecular complexity index is 696. The Morgan fingerprint density at radius 3 is 2.50 bits per heavy atom. The van der Waals surface area contributed by atoms with E-state index >= 15 is 0 Å². The van der Waals surface area contributed by atoms with Crippen LogP contribution in [-0.2, 0) is 9.53 Å². The van der Waals surface area contributed by atoms with Crippen LogP contribution < -0.4 is 4.74 Å². The van der Waals surface area contributed by atoms with Crippen molar-refractivity contribution in [2.75, 3.05) is 13.0 Å². The van der Waals surface area contributed by atoms with Gasteiger partial charge in [0.2, 0.25) is 0 Å². The molecule has 0 saturated heterocycles. The van der Waals surface area contributed by atoms with Crippen LogP contribution in [0.4, 0.5) is 0 Å². The molecular formula is C17H15BrO3S. The van der Waals surface area contributed by atoms with E-state index in [4.69, 9.17) is 9.47 Å². The summed E-state index contributed by atoms with van der Waals surface area (Å²) >= 11 is 7.52. The number of esters is 1. The van der Waals surface area contributed by atoms with Crippen LogP contribution in [0.15, 0.2) is 53.5 Å². The molecule has 0 amide bonds. The zero-order chi connectivity index (χ0) is 16.1. The second-order valence-electron chi connectivity index (χ2n) is 4.43. The zero-order valence-electron chi connectivity index (χ0n) is 12.0. The first kappa shape index (κ1) is 16.6. The lowest BCUT2D eigenvalue weighted by molar-refractivity contribution is -0.133. The maximum absolute atomic E-state index is 11.8. The van der Waals surface area contributed by atoms with E-state index in [-0.39, 0.29) is 11.5 Å². The van der Waals surface area contributed by atoms with Crippen molar-refractivity contribution in [2.24, 2.45) is 0 Å². The summed E-state index contributed by atoms with van der Waals surface area (Å²) in [7, 11) is 1.33. The molecule has 0 N–H and O–H groups in total. The van der Waals surface area contributed by atoms with Gasteiger partial charge in [-0.15, -0.1) is 12.6 Å². The number of hydrogen-bond donors (Lipinski definition) is 1. The molecule has 0 unspecified atom stereocenters. The van der Waals surface area contributed by atoms with Crippen molar-refractivity contribution >= 4 is 40.1 Å². The summed E-state index contributed by atoms with van der Waals surface area (Å²) in [6, 6.07) is 13.2. The van der Waals surface area contributed by atoms with E-state index in [1.807, 2.05) is 42.5 Å². The highest BCUT2D eigenvalue weighted by atomic mass is 79.9. The van der Waals surface area contributed by atoms with Gasteiger partial charge in [0.05, 0.1) is 12.7 Å². The number of carbonyl (C=O) groups excluding carboxylic acids is 1. The van der Waals surface area contributed by atoms with Gasteiger partial charge in [0.25, 0.3) is 0 Å². The molecule has 3 nitrogen and oxygen atoms in total. The molecule has 2 aromatic rings. The minimum Gasteiger partial charge on any atom is -0.483 e. The maximum atomic E-state index is 11.8. The van der Waals surface area contributed by atoms with Crippen molar-refractivity contribution < 1.29 is 14.3 Å². The summed E-state index contributed by atoms with van der Waals surface area (Å²) in [5.74, 6) is 0.402. The van der Waals surface area contributed by atoms with E-state index in [9.17, 15) is 4.79 Å². The van der Waals surface area contributed by atoms with Crippen molar-refractivity contribution in [1.82, 2.24) is 0 Å². The molecule has 0 spiro atoms. The van der Waals surface area contributed by atoms with E-state index in [1.165, 1.54) is 7.11 Å². The van der Waals surface area contributed by atoms with E-state index in [0.29, 0.717) is 11.3 Å². The van der Waals surface area contributed by atoms with Crippen LogP contribution in [0.2, 0.25) is 0 Å². The van der Waals surface area contributed by atoms with Crippen LogP contribution in [0.1, 0.15) is 5.56 Å². The Hall–Kier alpha value is -1.72. The summed E-state index contributed by atoms with van der Waals surface area (Å²) in [6.07, 6.45) is 0. The van der Waals surface area contributed by atoms with Crippen LogP contribution in [-0.4, -0.2) is 19.0 Å². The number of carbonyl (C=O) groups is 1. The molecular weight excluding hydrogens is 364 g/mol. The van der Waals surface area contributed by atoms with Gasteiger partial charge < -0.3 is 9.47 Å². The van der Waals surface area contributed by atoms with E-state index < -0.39 is 5.97 Å². The minimum absolute atomic E-state index is 0.234. The lowest BCUT2D eigenvalue weighted by Gasteiger charge is -2.16. The standard InChI is InChI=1S/C17H15BrO3S/c1-11(17(19)20-2)14-4-3-5-15(21-10-22)16(14)12-6-8-13(18)9-7-12/h3-9,22H,1,10H2,2H3. The number of hydrogen-bond acceptors (Lipinski definition) is 4. The molecule has 5 heteroatoms. The number of ether oxygens (including phenoxy) is 2. The molecule has 0 aliphatic heterocycles. The van der Waals surface area contributed by atoms with Crippen LogP contribution in [0.25, 0.3) is 16.7 Å². The van der Waals surface area contributed by atoms with Crippen molar-refractivity contribution in [3.8, 4) is 16.9 Å². The van der Waals surface area contributed by atoms with Crippen molar-refractivity contribution in [3.63, 3.8) is 0 Å². The molecule has 0 saturated carbocycles. The molecule has 0 fully saturated rings. The third-order valence-electron chi connectivity index (χ3n) is 3.14. The molecule has 0 aliphatic carbocycles. The van der Waals surface area contributed by atoms with Gasteiger partial charge in [0, 0.05) is 10.0 Å². The molecule has 2 aromatic carbocycles. The molecule has 0 bridgehead atoms. The van der Waals surface area contributed by atoms with Crippen LogP contribution in [0, 0.1) is 0 Å². The van der Waals surface area contributed by atoms with Crippen molar-refractivity contribution in [1.29, 1.82) is 0 Å². The van der Waals surface area contributed by atoms with Crippen molar-refractivity contribution in [3.05, 3.63) is 59.1 Å². The highest BCUT2D eigenvalue weighted by molar-refractivity contribution is 9.10. The van der Waals surface area contributed by atoms with E-state index in [1.54, 1.807) is 0 Å². The first-order valence-corrected chi connectivity index (χ1v) is 7.91. The van der Waals surface area contributed by atoms with Gasteiger partial charge in [-0.1, -0.05) is 46.8 Å². The Morgan fingerprint density at radius 2 is 1.91 bits per heavy atom. The third-order valence-corrected chi connectivity index (χ3v) is 3.79. The van der Waals surface area contributed by atoms with Gasteiger partial charge in [0.15, 0.2) is 0 Å². The van der Waals surface area contributed by atoms with Gasteiger partial charge in [-0.25, -0.2) is 4.79 Å². The van der Waals surface area contributed by atoms with Gasteiger partial charge in [0.1, 0.15) is 11.7 Å². The molecule has 22 heavy (non-hydrogen) atoms. The number of methoxy groups -OCH3 is 1. The third kappa shape index (κ3) is 3.54. The lowest BCUT2D eigenvalue weighted by atomic mass is 9.94. The van der Waals surface area contributed by atoms with Crippen LogP contribution in [0.5, 0.6) is 5.75 Å². The summed E-state index contributed by atoms with van der Waals surface area (Å²) in [5, 5.41) is 0. The van der Waals surface area contributed by atoms with Crippen molar-refractivity contribution in [2.45, 2.75) is 0 Å². The average molecular weight is 379 g/mol. The molecule has 114 valence electrons. The van der Waals surface area contributed by atoms with Gasteiger partial charge >= 0.3 is 5.97 Å². The Kier molecular flexibility index (Phi) is 5.69. The smallest absolute Gasteiger partial charge is 0.337 e. The molecule has 0 aromatic heterocycles. The van der Waals surface area contributed by atoms with Gasteiger partial charge in [-0.05, 0) is 29.3 Å². The largest absolute Gasteiger partial charge is 0.483 e. The highest BCUT2D eigenvalue weighted by Crippen LogP contribution is 2.37. The fourth-order valence-electron chi connectivity index (χ4n) is 2.12. The quantitative estimate of drug-likeness (QED) is 0.358. The second-order valence-corrected chi connectivity index (χ2v) is 5.60. The summed E-state index contributed by atoms with van der Waals surface area (Å²) in [6.45, 7) is 3.84.